The Morgan fingerprint density at radius 1 is 1.23 bits per heavy atom. The third kappa shape index (κ3) is 4.69. The predicted molar refractivity (Wildman–Crippen MR) is 110 cm³/mol. The van der Waals surface area contributed by atoms with E-state index in [1.54, 1.807) is 26.1 Å². The molecule has 156 valence electrons. The van der Waals surface area contributed by atoms with E-state index in [-0.39, 0.29) is 17.0 Å². The predicted octanol–water partition coefficient (Wildman–Crippen LogP) is 4.92. The molecule has 0 aliphatic heterocycles. The minimum atomic E-state index is -2.91. The van der Waals surface area contributed by atoms with Gasteiger partial charge in [-0.2, -0.15) is 8.78 Å². The molecule has 30 heavy (non-hydrogen) atoms. The number of anilines is 2. The smallest absolute Gasteiger partial charge is 0.387 e. The molecule has 2 N–H and O–H groups in total. The Morgan fingerprint density at radius 3 is 2.53 bits per heavy atom. The molecule has 0 unspecified atom stereocenters. The van der Waals surface area contributed by atoms with Crippen LogP contribution in [-0.2, 0) is 0 Å². The van der Waals surface area contributed by atoms with Gasteiger partial charge in [-0.05, 0) is 43.3 Å². The summed E-state index contributed by atoms with van der Waals surface area (Å²) in [5.41, 5.74) is 1.44. The molecule has 1 amide bonds. The van der Waals surface area contributed by atoms with Crippen LogP contribution >= 0.6 is 11.3 Å². The van der Waals surface area contributed by atoms with Crippen LogP contribution in [0.2, 0.25) is 0 Å². The summed E-state index contributed by atoms with van der Waals surface area (Å²) < 4.78 is 28.9. The Hall–Kier alpha value is -3.60. The number of rotatable bonds is 7. The van der Waals surface area contributed by atoms with Crippen LogP contribution in [0.5, 0.6) is 5.75 Å². The molecule has 8 nitrogen and oxygen atoms in total. The maximum Gasteiger partial charge on any atom is 0.387 e. The average Bonchev–Trinajstić information content (AvgIpc) is 3.07. The van der Waals surface area contributed by atoms with Crippen molar-refractivity contribution in [2.75, 3.05) is 17.7 Å². The number of thiazole rings is 1. The molecule has 0 atom stereocenters. The third-order valence-corrected chi connectivity index (χ3v) is 4.98. The van der Waals surface area contributed by atoms with Gasteiger partial charge in [0.25, 0.3) is 11.6 Å². The monoisotopic (exact) mass is 434 g/mol. The highest BCUT2D eigenvalue weighted by atomic mass is 32.1. The Labute approximate surface area is 173 Å². The lowest BCUT2D eigenvalue weighted by atomic mass is 10.1. The number of hydrogen-bond donors (Lipinski definition) is 2. The van der Waals surface area contributed by atoms with Gasteiger partial charge < -0.3 is 10.1 Å². The van der Waals surface area contributed by atoms with Crippen LogP contribution < -0.4 is 15.4 Å². The number of halogens is 2. The van der Waals surface area contributed by atoms with Crippen LogP contribution in [0.4, 0.5) is 25.3 Å². The second-order valence-corrected chi connectivity index (χ2v) is 7.22. The summed E-state index contributed by atoms with van der Waals surface area (Å²) in [7, 11) is 1.55. The average molecular weight is 434 g/mol. The lowest BCUT2D eigenvalue weighted by molar-refractivity contribution is -0.384. The largest absolute Gasteiger partial charge is 0.435 e. The zero-order valence-corrected chi connectivity index (χ0v) is 16.6. The molecule has 3 rings (SSSR count). The topological polar surface area (TPSA) is 106 Å². The highest BCUT2D eigenvalue weighted by Crippen LogP contribution is 2.32. The molecule has 3 aromatic rings. The first kappa shape index (κ1) is 21.1. The third-order valence-electron chi connectivity index (χ3n) is 4.10. The van der Waals surface area contributed by atoms with Gasteiger partial charge in [-0.25, -0.2) is 4.98 Å². The van der Waals surface area contributed by atoms with Gasteiger partial charge in [-0.3, -0.25) is 20.2 Å². The van der Waals surface area contributed by atoms with Crippen molar-refractivity contribution in [2.45, 2.75) is 13.5 Å². The molecule has 0 spiro atoms. The van der Waals surface area contributed by atoms with E-state index in [4.69, 9.17) is 0 Å². The molecule has 0 aliphatic rings. The number of benzene rings is 2. The lowest BCUT2D eigenvalue weighted by Crippen LogP contribution is -2.12. The number of nitro benzene ring substituents is 1. The Bertz CT molecular complexity index is 1090. The van der Waals surface area contributed by atoms with Crippen molar-refractivity contribution >= 4 is 33.8 Å². The van der Waals surface area contributed by atoms with E-state index in [0.717, 1.165) is 4.88 Å². The number of carbonyl (C=O) groups is 1. The van der Waals surface area contributed by atoms with Crippen LogP contribution in [0.3, 0.4) is 0 Å². The molecule has 0 saturated heterocycles. The summed E-state index contributed by atoms with van der Waals surface area (Å²) in [6.45, 7) is -1.10. The number of nitrogens with zero attached hydrogens (tertiary/aromatic N) is 2. The quantitative estimate of drug-likeness (QED) is 0.404. The van der Waals surface area contributed by atoms with E-state index in [1.165, 1.54) is 41.7 Å². The summed E-state index contributed by atoms with van der Waals surface area (Å²) in [5, 5.41) is 16.8. The molecule has 11 heteroatoms. The molecular formula is C19H16F2N4O4S. The number of nitro groups is 1. The van der Waals surface area contributed by atoms with Crippen molar-refractivity contribution < 1.29 is 23.2 Å². The Morgan fingerprint density at radius 2 is 1.93 bits per heavy atom. The Kier molecular flexibility index (Phi) is 6.21. The molecule has 0 bridgehead atoms. The van der Waals surface area contributed by atoms with Crippen LogP contribution in [0.1, 0.15) is 15.2 Å². The highest BCUT2D eigenvalue weighted by molar-refractivity contribution is 7.16. The SMILES string of the molecule is CNc1ccc(C(=O)Nc2nc(-c3ccc(OC(F)F)cc3)c(C)s2)cc1[N+](=O)[O-]. The summed E-state index contributed by atoms with van der Waals surface area (Å²) in [5.74, 6) is -0.511. The van der Waals surface area contributed by atoms with Crippen molar-refractivity contribution in [3.05, 3.63) is 63.0 Å². The van der Waals surface area contributed by atoms with Crippen LogP contribution in [0, 0.1) is 17.0 Å². The molecule has 0 aliphatic carbocycles. The van der Waals surface area contributed by atoms with Gasteiger partial charge in [-0.15, -0.1) is 11.3 Å². The minimum Gasteiger partial charge on any atom is -0.435 e. The number of hydrogen-bond acceptors (Lipinski definition) is 7. The lowest BCUT2D eigenvalue weighted by Gasteiger charge is -2.05. The molecular weight excluding hydrogens is 418 g/mol. The van der Waals surface area contributed by atoms with Crippen molar-refractivity contribution in [3.63, 3.8) is 0 Å². The van der Waals surface area contributed by atoms with Crippen LogP contribution in [-0.4, -0.2) is 29.5 Å². The van der Waals surface area contributed by atoms with Gasteiger partial charge in [0.15, 0.2) is 5.13 Å². The molecule has 2 aromatic carbocycles. The fourth-order valence-electron chi connectivity index (χ4n) is 2.72. The number of nitrogens with one attached hydrogen (secondary N) is 2. The van der Waals surface area contributed by atoms with E-state index in [9.17, 15) is 23.7 Å². The fourth-order valence-corrected chi connectivity index (χ4v) is 3.55. The number of alkyl halides is 2. The van der Waals surface area contributed by atoms with E-state index >= 15 is 0 Å². The standard InChI is InChI=1S/C19H16F2N4O4S/c1-10-16(11-3-6-13(7-4-11)29-18(20)21)23-19(30-10)24-17(26)12-5-8-14(22-2)15(9-12)25(27)28/h3-9,18,22H,1-2H3,(H,23,24,26). The van der Waals surface area contributed by atoms with Crippen molar-refractivity contribution in [1.29, 1.82) is 0 Å². The van der Waals surface area contributed by atoms with Crippen molar-refractivity contribution in [2.24, 2.45) is 0 Å². The zero-order valence-electron chi connectivity index (χ0n) is 15.8. The van der Waals surface area contributed by atoms with Crippen molar-refractivity contribution in [1.82, 2.24) is 4.98 Å². The molecule has 0 radical (unpaired) electrons. The summed E-state index contributed by atoms with van der Waals surface area (Å²) in [4.78, 5) is 28.3. The number of amides is 1. The molecule has 1 aromatic heterocycles. The maximum atomic E-state index is 12.5. The first-order valence-corrected chi connectivity index (χ1v) is 9.40. The number of carbonyl (C=O) groups excluding carboxylic acids is 1. The second kappa shape index (κ2) is 8.82. The van der Waals surface area contributed by atoms with Gasteiger partial charge >= 0.3 is 6.61 Å². The molecule has 0 fully saturated rings. The molecule has 1 heterocycles. The van der Waals surface area contributed by atoms with Crippen LogP contribution in [0.15, 0.2) is 42.5 Å². The first-order chi connectivity index (χ1) is 14.3. The fraction of sp³-hybridized carbons (Fsp3) is 0.158. The number of ether oxygens (including phenoxy) is 1. The van der Waals surface area contributed by atoms with Gasteiger partial charge in [0.1, 0.15) is 11.4 Å². The Balaban J connectivity index is 1.79. The number of aromatic nitrogens is 1. The summed E-state index contributed by atoms with van der Waals surface area (Å²) >= 11 is 1.22. The molecule has 0 saturated carbocycles. The van der Waals surface area contributed by atoms with E-state index in [0.29, 0.717) is 22.1 Å². The normalized spacial score (nSPS) is 10.7. The minimum absolute atomic E-state index is 0.0294. The summed E-state index contributed by atoms with van der Waals surface area (Å²) in [6.07, 6.45) is 0. The highest BCUT2D eigenvalue weighted by Gasteiger charge is 2.18. The van der Waals surface area contributed by atoms with E-state index in [1.807, 2.05) is 0 Å². The van der Waals surface area contributed by atoms with Crippen molar-refractivity contribution in [3.8, 4) is 17.0 Å². The number of aryl methyl sites for hydroxylation is 1. The first-order valence-electron chi connectivity index (χ1n) is 8.58. The second-order valence-electron chi connectivity index (χ2n) is 6.02. The van der Waals surface area contributed by atoms with E-state index < -0.39 is 17.4 Å². The maximum absolute atomic E-state index is 12.5. The van der Waals surface area contributed by atoms with Gasteiger partial charge in [-0.1, -0.05) is 0 Å². The van der Waals surface area contributed by atoms with Gasteiger partial charge in [0.2, 0.25) is 0 Å². The van der Waals surface area contributed by atoms with Gasteiger partial charge in [0.05, 0.1) is 10.6 Å². The van der Waals surface area contributed by atoms with E-state index in [2.05, 4.69) is 20.4 Å². The zero-order chi connectivity index (χ0) is 21.8. The summed E-state index contributed by atoms with van der Waals surface area (Å²) in [6, 6.07) is 10.1. The van der Waals surface area contributed by atoms with Gasteiger partial charge in [0, 0.05) is 29.1 Å². The van der Waals surface area contributed by atoms with Crippen LogP contribution in [0.25, 0.3) is 11.3 Å².